The molecule has 19 heavy (non-hydrogen) atoms. The number of nitrogens with one attached hydrogen (secondary N) is 1. The van der Waals surface area contributed by atoms with Crippen LogP contribution in [0.3, 0.4) is 0 Å². The van der Waals surface area contributed by atoms with Crippen molar-refractivity contribution in [1.29, 1.82) is 0 Å². The summed E-state index contributed by atoms with van der Waals surface area (Å²) in [6.45, 7) is 3.56. The summed E-state index contributed by atoms with van der Waals surface area (Å²) in [5, 5.41) is 2.79. The lowest BCUT2D eigenvalue weighted by molar-refractivity contribution is -0.118. The minimum Gasteiger partial charge on any atom is -0.325 e. The van der Waals surface area contributed by atoms with E-state index in [9.17, 15) is 9.18 Å². The van der Waals surface area contributed by atoms with Gasteiger partial charge in [0.25, 0.3) is 0 Å². The average Bonchev–Trinajstić information content (AvgIpc) is 2.35. The van der Waals surface area contributed by atoms with E-state index in [0.29, 0.717) is 18.3 Å². The van der Waals surface area contributed by atoms with Gasteiger partial charge in [0, 0.05) is 11.7 Å². The van der Waals surface area contributed by atoms with Crippen LogP contribution in [0.4, 0.5) is 10.1 Å². The predicted molar refractivity (Wildman–Crippen MR) is 77.2 cm³/mol. The minimum absolute atomic E-state index is 0. The lowest BCUT2D eigenvalue weighted by Gasteiger charge is -2.32. The zero-order valence-electron chi connectivity index (χ0n) is 11.1. The fourth-order valence-electron chi connectivity index (χ4n) is 2.31. The highest BCUT2D eigenvalue weighted by atomic mass is 35.5. The van der Waals surface area contributed by atoms with Gasteiger partial charge in [-0.3, -0.25) is 9.69 Å². The molecule has 1 aromatic carbocycles. The number of hydrogen-bond acceptors (Lipinski definition) is 2. The maximum absolute atomic E-state index is 12.7. The van der Waals surface area contributed by atoms with Crippen molar-refractivity contribution in [3.05, 3.63) is 30.1 Å². The van der Waals surface area contributed by atoms with E-state index in [2.05, 4.69) is 17.1 Å². The standard InChI is InChI=1S/C14H19FN2O.ClH/c1-11-4-2-3-9-17(11)10-14(18)16-13-7-5-12(15)6-8-13;/h5-8,11H,2-4,9-10H2,1H3,(H,16,18);1H. The Morgan fingerprint density at radius 3 is 2.68 bits per heavy atom. The maximum atomic E-state index is 12.7. The first-order valence-electron chi connectivity index (χ1n) is 6.44. The first-order chi connectivity index (χ1) is 8.65. The Morgan fingerprint density at radius 1 is 1.37 bits per heavy atom. The number of carbonyl (C=O) groups excluding carboxylic acids is 1. The number of rotatable bonds is 3. The van der Waals surface area contributed by atoms with Gasteiger partial charge in [-0.25, -0.2) is 4.39 Å². The monoisotopic (exact) mass is 286 g/mol. The molecule has 0 saturated carbocycles. The fourth-order valence-corrected chi connectivity index (χ4v) is 2.31. The third kappa shape index (κ3) is 4.80. The van der Waals surface area contributed by atoms with Gasteiger partial charge in [0.1, 0.15) is 5.82 Å². The van der Waals surface area contributed by atoms with Gasteiger partial charge in [-0.1, -0.05) is 6.42 Å². The molecule has 1 atom stereocenters. The number of hydrogen-bond donors (Lipinski definition) is 1. The summed E-state index contributed by atoms with van der Waals surface area (Å²) >= 11 is 0. The topological polar surface area (TPSA) is 32.3 Å². The second kappa shape index (κ2) is 7.46. The van der Waals surface area contributed by atoms with E-state index in [0.717, 1.165) is 19.4 Å². The summed E-state index contributed by atoms with van der Waals surface area (Å²) in [6.07, 6.45) is 3.56. The zero-order chi connectivity index (χ0) is 13.0. The van der Waals surface area contributed by atoms with E-state index in [-0.39, 0.29) is 24.1 Å². The second-order valence-corrected chi connectivity index (χ2v) is 4.87. The molecule has 1 heterocycles. The molecule has 5 heteroatoms. The molecule has 1 aliphatic rings. The molecule has 1 aromatic rings. The predicted octanol–water partition coefficient (Wildman–Crippen LogP) is 3.06. The molecule has 0 spiro atoms. The van der Waals surface area contributed by atoms with Gasteiger partial charge in [-0.05, 0) is 50.6 Å². The van der Waals surface area contributed by atoms with Crippen LogP contribution in [0.1, 0.15) is 26.2 Å². The quantitative estimate of drug-likeness (QED) is 0.926. The van der Waals surface area contributed by atoms with Crippen LogP contribution >= 0.6 is 12.4 Å². The van der Waals surface area contributed by atoms with E-state index in [4.69, 9.17) is 0 Å². The Kier molecular flexibility index (Phi) is 6.25. The molecule has 106 valence electrons. The van der Waals surface area contributed by atoms with Crippen molar-refractivity contribution in [3.63, 3.8) is 0 Å². The van der Waals surface area contributed by atoms with Crippen LogP contribution in [0.2, 0.25) is 0 Å². The number of likely N-dealkylation sites (tertiary alicyclic amines) is 1. The molecule has 0 bridgehead atoms. The van der Waals surface area contributed by atoms with Crippen LogP contribution in [-0.4, -0.2) is 29.9 Å². The molecule has 1 amide bonds. The molecule has 1 saturated heterocycles. The normalized spacial score (nSPS) is 19.6. The molecule has 0 radical (unpaired) electrons. The summed E-state index contributed by atoms with van der Waals surface area (Å²) < 4.78 is 12.7. The van der Waals surface area contributed by atoms with Gasteiger partial charge >= 0.3 is 0 Å². The number of amides is 1. The van der Waals surface area contributed by atoms with Crippen molar-refractivity contribution in [2.75, 3.05) is 18.4 Å². The lowest BCUT2D eigenvalue weighted by atomic mass is 10.0. The SMILES string of the molecule is CC1CCCCN1CC(=O)Nc1ccc(F)cc1.Cl. The van der Waals surface area contributed by atoms with Crippen LogP contribution in [-0.2, 0) is 4.79 Å². The van der Waals surface area contributed by atoms with Crippen molar-refractivity contribution in [2.24, 2.45) is 0 Å². The Labute approximate surface area is 119 Å². The highest BCUT2D eigenvalue weighted by Gasteiger charge is 2.20. The van der Waals surface area contributed by atoms with Crippen molar-refractivity contribution in [2.45, 2.75) is 32.2 Å². The summed E-state index contributed by atoms with van der Waals surface area (Å²) in [6, 6.07) is 6.32. The van der Waals surface area contributed by atoms with Gasteiger partial charge in [-0.15, -0.1) is 12.4 Å². The van der Waals surface area contributed by atoms with Crippen molar-refractivity contribution < 1.29 is 9.18 Å². The highest BCUT2D eigenvalue weighted by molar-refractivity contribution is 5.92. The summed E-state index contributed by atoms with van der Waals surface area (Å²) in [7, 11) is 0. The molecule has 1 N–H and O–H groups in total. The van der Waals surface area contributed by atoms with Gasteiger partial charge in [0.15, 0.2) is 0 Å². The number of carbonyl (C=O) groups is 1. The minimum atomic E-state index is -0.294. The van der Waals surface area contributed by atoms with E-state index in [1.807, 2.05) is 0 Å². The number of piperidine rings is 1. The van der Waals surface area contributed by atoms with Gasteiger partial charge in [0.05, 0.1) is 6.54 Å². The number of benzene rings is 1. The number of halogens is 2. The lowest BCUT2D eigenvalue weighted by Crippen LogP contribution is -2.42. The van der Waals surface area contributed by atoms with Crippen LogP contribution in [0.5, 0.6) is 0 Å². The Balaban J connectivity index is 0.00000180. The number of anilines is 1. The van der Waals surface area contributed by atoms with Crippen molar-refractivity contribution in [1.82, 2.24) is 4.90 Å². The third-order valence-electron chi connectivity index (χ3n) is 3.42. The van der Waals surface area contributed by atoms with Crippen LogP contribution < -0.4 is 5.32 Å². The first kappa shape index (κ1) is 15.9. The highest BCUT2D eigenvalue weighted by Crippen LogP contribution is 2.16. The van der Waals surface area contributed by atoms with Crippen LogP contribution in [0, 0.1) is 5.82 Å². The first-order valence-corrected chi connectivity index (χ1v) is 6.44. The summed E-state index contributed by atoms with van der Waals surface area (Å²) in [4.78, 5) is 14.1. The molecular formula is C14H20ClFN2O. The van der Waals surface area contributed by atoms with Crippen LogP contribution in [0.15, 0.2) is 24.3 Å². The third-order valence-corrected chi connectivity index (χ3v) is 3.42. The van der Waals surface area contributed by atoms with Gasteiger partial charge in [0.2, 0.25) is 5.91 Å². The molecule has 2 rings (SSSR count). The van der Waals surface area contributed by atoms with Gasteiger partial charge < -0.3 is 5.32 Å². The van der Waals surface area contributed by atoms with E-state index in [1.54, 1.807) is 12.1 Å². The number of nitrogens with zero attached hydrogens (tertiary/aromatic N) is 1. The average molecular weight is 287 g/mol. The zero-order valence-corrected chi connectivity index (χ0v) is 11.9. The largest absolute Gasteiger partial charge is 0.325 e. The van der Waals surface area contributed by atoms with Crippen LogP contribution in [0.25, 0.3) is 0 Å². The van der Waals surface area contributed by atoms with E-state index >= 15 is 0 Å². The molecule has 3 nitrogen and oxygen atoms in total. The van der Waals surface area contributed by atoms with Crippen molar-refractivity contribution in [3.8, 4) is 0 Å². The smallest absolute Gasteiger partial charge is 0.238 e. The Bertz CT molecular complexity index is 410. The fraction of sp³-hybridized carbons (Fsp3) is 0.500. The summed E-state index contributed by atoms with van der Waals surface area (Å²) in [5.74, 6) is -0.326. The molecular weight excluding hydrogens is 267 g/mol. The molecule has 1 unspecified atom stereocenters. The van der Waals surface area contributed by atoms with E-state index in [1.165, 1.54) is 18.6 Å². The molecule has 0 aliphatic carbocycles. The second-order valence-electron chi connectivity index (χ2n) is 4.87. The maximum Gasteiger partial charge on any atom is 0.238 e. The molecule has 1 aliphatic heterocycles. The van der Waals surface area contributed by atoms with Gasteiger partial charge in [-0.2, -0.15) is 0 Å². The summed E-state index contributed by atoms with van der Waals surface area (Å²) in [5.41, 5.74) is 0.645. The van der Waals surface area contributed by atoms with Crippen molar-refractivity contribution >= 4 is 24.0 Å². The Hall–Kier alpha value is -1.13. The van der Waals surface area contributed by atoms with E-state index < -0.39 is 0 Å². The molecule has 1 fully saturated rings. The Morgan fingerprint density at radius 2 is 2.05 bits per heavy atom. The molecule has 0 aromatic heterocycles.